The lowest BCUT2D eigenvalue weighted by Crippen LogP contribution is -2.40. The van der Waals surface area contributed by atoms with Crippen molar-refractivity contribution in [2.75, 3.05) is 5.32 Å². The minimum Gasteiger partial charge on any atom is -0.322 e. The molecular weight excluding hydrogens is 312 g/mol. The molecule has 6 heteroatoms. The molecule has 0 unspecified atom stereocenters. The number of sulfonamides is 1. The number of hydrogen-bond acceptors (Lipinski definition) is 3. The van der Waals surface area contributed by atoms with Crippen molar-refractivity contribution in [2.45, 2.75) is 31.2 Å². The van der Waals surface area contributed by atoms with Crippen LogP contribution in [0.2, 0.25) is 0 Å². The standard InChI is InChI=1S/C17H20N2O3S/c1-17(2,3)19-23(21,22)15-11-9-13(10-12-15)16(20)18-14-7-5-4-6-8-14/h4-12,19H,1-3H3,(H,18,20). The Bertz CT molecular complexity index is 777. The highest BCUT2D eigenvalue weighted by Gasteiger charge is 2.22. The van der Waals surface area contributed by atoms with Gasteiger partial charge in [0.05, 0.1) is 4.90 Å². The van der Waals surface area contributed by atoms with E-state index < -0.39 is 15.6 Å². The van der Waals surface area contributed by atoms with Gasteiger partial charge in [0.25, 0.3) is 5.91 Å². The average Bonchev–Trinajstić information content (AvgIpc) is 2.46. The van der Waals surface area contributed by atoms with Gasteiger partial charge in [0.1, 0.15) is 0 Å². The molecule has 2 N–H and O–H groups in total. The number of carbonyl (C=O) groups excluding carboxylic acids is 1. The van der Waals surface area contributed by atoms with Gasteiger partial charge in [-0.15, -0.1) is 0 Å². The molecule has 122 valence electrons. The monoisotopic (exact) mass is 332 g/mol. The van der Waals surface area contributed by atoms with Crippen LogP contribution in [0.1, 0.15) is 31.1 Å². The molecule has 2 aromatic rings. The molecule has 2 aromatic carbocycles. The van der Waals surface area contributed by atoms with Crippen LogP contribution in [0.15, 0.2) is 59.5 Å². The molecule has 23 heavy (non-hydrogen) atoms. The summed E-state index contributed by atoms with van der Waals surface area (Å²) in [7, 11) is -3.60. The van der Waals surface area contributed by atoms with Crippen LogP contribution in [0.5, 0.6) is 0 Å². The zero-order valence-corrected chi connectivity index (χ0v) is 14.1. The highest BCUT2D eigenvalue weighted by molar-refractivity contribution is 7.89. The topological polar surface area (TPSA) is 75.3 Å². The Morgan fingerprint density at radius 3 is 2.00 bits per heavy atom. The number of amides is 1. The molecule has 0 aliphatic carbocycles. The van der Waals surface area contributed by atoms with Crippen molar-refractivity contribution in [3.05, 3.63) is 60.2 Å². The highest BCUT2D eigenvalue weighted by atomic mass is 32.2. The number of carbonyl (C=O) groups is 1. The molecular formula is C17H20N2O3S. The van der Waals surface area contributed by atoms with Crippen LogP contribution in [-0.4, -0.2) is 19.9 Å². The van der Waals surface area contributed by atoms with Crippen molar-refractivity contribution in [2.24, 2.45) is 0 Å². The predicted molar refractivity (Wildman–Crippen MR) is 90.9 cm³/mol. The summed E-state index contributed by atoms with van der Waals surface area (Å²) in [5.41, 5.74) is 0.509. The first-order valence-electron chi connectivity index (χ1n) is 7.18. The zero-order valence-electron chi connectivity index (χ0n) is 13.3. The summed E-state index contributed by atoms with van der Waals surface area (Å²) in [5.74, 6) is -0.288. The molecule has 0 heterocycles. The summed E-state index contributed by atoms with van der Waals surface area (Å²) < 4.78 is 27.0. The predicted octanol–water partition coefficient (Wildman–Crippen LogP) is 3.02. The van der Waals surface area contributed by atoms with Crippen molar-refractivity contribution in [1.29, 1.82) is 0 Å². The first-order valence-corrected chi connectivity index (χ1v) is 8.66. The van der Waals surface area contributed by atoms with Gasteiger partial charge >= 0.3 is 0 Å². The molecule has 2 rings (SSSR count). The summed E-state index contributed by atoms with van der Waals surface area (Å²) in [4.78, 5) is 12.3. The fraction of sp³-hybridized carbons (Fsp3) is 0.235. The number of hydrogen-bond donors (Lipinski definition) is 2. The van der Waals surface area contributed by atoms with Gasteiger partial charge < -0.3 is 5.32 Å². The third-order valence-corrected chi connectivity index (χ3v) is 4.67. The van der Waals surface area contributed by atoms with Gasteiger partial charge in [-0.2, -0.15) is 0 Å². The fourth-order valence-corrected chi connectivity index (χ4v) is 3.39. The second kappa shape index (κ2) is 6.52. The van der Waals surface area contributed by atoms with Crippen molar-refractivity contribution in [3.63, 3.8) is 0 Å². The maximum Gasteiger partial charge on any atom is 0.255 e. The van der Waals surface area contributed by atoms with Crippen LogP contribution in [0.25, 0.3) is 0 Å². The Balaban J connectivity index is 2.15. The van der Waals surface area contributed by atoms with Crippen LogP contribution in [0.4, 0.5) is 5.69 Å². The van der Waals surface area contributed by atoms with Crippen LogP contribution in [-0.2, 0) is 10.0 Å². The van der Waals surface area contributed by atoms with E-state index in [0.717, 1.165) is 0 Å². The SMILES string of the molecule is CC(C)(C)NS(=O)(=O)c1ccc(C(=O)Nc2ccccc2)cc1. The quantitative estimate of drug-likeness (QED) is 0.904. The first-order chi connectivity index (χ1) is 10.7. The van der Waals surface area contributed by atoms with E-state index in [9.17, 15) is 13.2 Å². The molecule has 0 bridgehead atoms. The minimum absolute atomic E-state index is 0.128. The molecule has 0 aliphatic heterocycles. The van der Waals surface area contributed by atoms with E-state index in [1.807, 2.05) is 18.2 Å². The van der Waals surface area contributed by atoms with Crippen molar-refractivity contribution >= 4 is 21.6 Å². The Morgan fingerprint density at radius 1 is 0.913 bits per heavy atom. The number of para-hydroxylation sites is 1. The van der Waals surface area contributed by atoms with Crippen LogP contribution in [0.3, 0.4) is 0 Å². The zero-order chi connectivity index (χ0) is 17.1. The van der Waals surface area contributed by atoms with Gasteiger partial charge in [0, 0.05) is 16.8 Å². The van der Waals surface area contributed by atoms with Gasteiger partial charge in [0.2, 0.25) is 10.0 Å². The van der Waals surface area contributed by atoms with Gasteiger partial charge in [0.15, 0.2) is 0 Å². The summed E-state index contributed by atoms with van der Waals surface area (Å²) in [6, 6.07) is 14.9. The van der Waals surface area contributed by atoms with Gasteiger partial charge in [-0.1, -0.05) is 18.2 Å². The fourth-order valence-electron chi connectivity index (χ4n) is 1.97. The normalized spacial score (nSPS) is 12.0. The molecule has 0 radical (unpaired) electrons. The molecule has 0 saturated carbocycles. The van der Waals surface area contributed by atoms with E-state index in [4.69, 9.17) is 0 Å². The van der Waals surface area contributed by atoms with Crippen molar-refractivity contribution in [1.82, 2.24) is 4.72 Å². The van der Waals surface area contributed by atoms with Crippen LogP contribution < -0.4 is 10.0 Å². The van der Waals surface area contributed by atoms with E-state index in [0.29, 0.717) is 11.3 Å². The molecule has 0 atom stereocenters. The molecule has 0 aliphatic rings. The second-order valence-electron chi connectivity index (χ2n) is 6.20. The van der Waals surface area contributed by atoms with Gasteiger partial charge in [-0.25, -0.2) is 13.1 Å². The third kappa shape index (κ3) is 4.91. The average molecular weight is 332 g/mol. The second-order valence-corrected chi connectivity index (χ2v) is 7.88. The maximum absolute atomic E-state index is 12.2. The lowest BCUT2D eigenvalue weighted by atomic mass is 10.1. The molecule has 0 fully saturated rings. The summed E-state index contributed by atoms with van der Waals surface area (Å²) in [6.45, 7) is 5.31. The van der Waals surface area contributed by atoms with Gasteiger partial charge in [-0.3, -0.25) is 4.79 Å². The van der Waals surface area contributed by atoms with E-state index >= 15 is 0 Å². The molecule has 0 aromatic heterocycles. The Labute approximate surface area is 136 Å². The highest BCUT2D eigenvalue weighted by Crippen LogP contribution is 2.15. The van der Waals surface area contributed by atoms with E-state index in [1.165, 1.54) is 24.3 Å². The molecule has 0 spiro atoms. The number of rotatable bonds is 4. The minimum atomic E-state index is -3.60. The number of anilines is 1. The Kier molecular flexibility index (Phi) is 4.87. The van der Waals surface area contributed by atoms with E-state index in [1.54, 1.807) is 32.9 Å². The first kappa shape index (κ1) is 17.2. The lowest BCUT2D eigenvalue weighted by Gasteiger charge is -2.20. The number of nitrogens with one attached hydrogen (secondary N) is 2. The third-order valence-electron chi connectivity index (χ3n) is 2.90. The van der Waals surface area contributed by atoms with E-state index in [2.05, 4.69) is 10.0 Å². The van der Waals surface area contributed by atoms with Crippen LogP contribution >= 0.6 is 0 Å². The Hall–Kier alpha value is -2.18. The molecule has 1 amide bonds. The number of benzene rings is 2. The summed E-state index contributed by atoms with van der Waals surface area (Å²) >= 11 is 0. The largest absolute Gasteiger partial charge is 0.322 e. The van der Waals surface area contributed by atoms with Crippen LogP contribution in [0, 0.1) is 0 Å². The van der Waals surface area contributed by atoms with Crippen molar-refractivity contribution < 1.29 is 13.2 Å². The lowest BCUT2D eigenvalue weighted by molar-refractivity contribution is 0.102. The van der Waals surface area contributed by atoms with E-state index in [-0.39, 0.29) is 10.8 Å². The summed E-state index contributed by atoms with van der Waals surface area (Å²) in [5, 5.41) is 2.75. The summed E-state index contributed by atoms with van der Waals surface area (Å²) in [6.07, 6.45) is 0. The molecule has 5 nitrogen and oxygen atoms in total. The smallest absolute Gasteiger partial charge is 0.255 e. The van der Waals surface area contributed by atoms with Crippen molar-refractivity contribution in [3.8, 4) is 0 Å². The Morgan fingerprint density at radius 2 is 1.48 bits per heavy atom. The maximum atomic E-state index is 12.2. The molecule has 0 saturated heterocycles. The van der Waals surface area contributed by atoms with Gasteiger partial charge in [-0.05, 0) is 57.2 Å².